The average Bonchev–Trinajstić information content (AvgIpc) is 2.51. The molecule has 0 aliphatic rings. The van der Waals surface area contributed by atoms with Crippen LogP contribution in [0.1, 0.15) is 16.7 Å². The fourth-order valence-electron chi connectivity index (χ4n) is 1.77. The van der Waals surface area contributed by atoms with Gasteiger partial charge in [-0.3, -0.25) is 0 Å². The first-order chi connectivity index (χ1) is 10.5. The number of hydrogen-bond donors (Lipinski definition) is 0. The molecule has 2 aromatic carbocycles. The summed E-state index contributed by atoms with van der Waals surface area (Å²) in [5, 5.41) is 0. The van der Waals surface area contributed by atoms with E-state index >= 15 is 0 Å². The van der Waals surface area contributed by atoms with Crippen molar-refractivity contribution in [1.29, 1.82) is 0 Å². The third-order valence-corrected chi connectivity index (χ3v) is 2.94. The molecule has 0 aliphatic heterocycles. The van der Waals surface area contributed by atoms with Crippen molar-refractivity contribution in [2.45, 2.75) is 20.1 Å². The number of aryl methyl sites for hydroxylation is 1. The first-order valence-electron chi connectivity index (χ1n) is 6.65. The minimum atomic E-state index is -2.48. The highest BCUT2D eigenvalue weighted by Gasteiger charge is 2.07. The Bertz CT molecular complexity index is 630. The lowest BCUT2D eigenvalue weighted by Crippen LogP contribution is -1.95. The van der Waals surface area contributed by atoms with Crippen molar-refractivity contribution in [2.75, 3.05) is 0 Å². The Balaban J connectivity index is 1.84. The quantitative estimate of drug-likeness (QED) is 0.689. The maximum absolute atomic E-state index is 12.6. The first-order valence-corrected chi connectivity index (χ1v) is 6.65. The largest absolute Gasteiger partial charge is 0.428 e. The van der Waals surface area contributed by atoms with Gasteiger partial charge in [0.15, 0.2) is 0 Å². The third-order valence-electron chi connectivity index (χ3n) is 2.94. The van der Waals surface area contributed by atoms with Crippen LogP contribution in [0.4, 0.5) is 13.2 Å². The molecule has 2 nitrogen and oxygen atoms in total. The summed E-state index contributed by atoms with van der Waals surface area (Å²) in [6.45, 7) is 2.86. The Hall–Kier alpha value is -2.27. The van der Waals surface area contributed by atoms with E-state index in [0.717, 1.165) is 11.1 Å². The fraction of sp³-hybridized carbons (Fsp3) is 0.176. The highest BCUT2D eigenvalue weighted by atomic mass is 19.3. The molecule has 0 saturated carbocycles. The summed E-state index contributed by atoms with van der Waals surface area (Å²) in [5.74, 6) is 0.00702. The van der Waals surface area contributed by atoms with E-state index in [1.807, 2.05) is 31.2 Å². The summed E-state index contributed by atoms with van der Waals surface area (Å²) in [6.07, 6.45) is -2.48. The third kappa shape index (κ3) is 4.93. The van der Waals surface area contributed by atoms with Crippen LogP contribution in [0.2, 0.25) is 0 Å². The molecule has 0 amide bonds. The number of benzene rings is 2. The zero-order chi connectivity index (χ0) is 15.9. The minimum Gasteiger partial charge on any atom is -0.428 e. The summed E-state index contributed by atoms with van der Waals surface area (Å²) < 4.78 is 46.3. The van der Waals surface area contributed by atoms with Crippen molar-refractivity contribution in [2.24, 2.45) is 0 Å². The second-order valence-electron chi connectivity index (χ2n) is 4.76. The SMILES string of the molecule is Cc1ccc(COCc2ccc(OC(F)=C(F)F)cc2)cc1. The fourth-order valence-corrected chi connectivity index (χ4v) is 1.77. The molecule has 0 unspecified atom stereocenters. The molecule has 2 rings (SSSR count). The van der Waals surface area contributed by atoms with Crippen molar-refractivity contribution in [1.82, 2.24) is 0 Å². The second-order valence-corrected chi connectivity index (χ2v) is 4.76. The minimum absolute atomic E-state index is 0.00702. The van der Waals surface area contributed by atoms with Crippen LogP contribution in [-0.2, 0) is 18.0 Å². The smallest absolute Gasteiger partial charge is 0.344 e. The number of rotatable bonds is 6. The van der Waals surface area contributed by atoms with Gasteiger partial charge in [-0.15, -0.1) is 0 Å². The summed E-state index contributed by atoms with van der Waals surface area (Å²) >= 11 is 0. The lowest BCUT2D eigenvalue weighted by Gasteiger charge is -2.06. The van der Waals surface area contributed by atoms with Crippen molar-refractivity contribution in [3.8, 4) is 5.75 Å². The maximum atomic E-state index is 12.6. The van der Waals surface area contributed by atoms with Crippen LogP contribution in [0.25, 0.3) is 0 Å². The van der Waals surface area contributed by atoms with Crippen LogP contribution in [0.3, 0.4) is 0 Å². The van der Waals surface area contributed by atoms with Gasteiger partial charge >= 0.3 is 12.1 Å². The lowest BCUT2D eigenvalue weighted by molar-refractivity contribution is 0.107. The molecule has 5 heteroatoms. The van der Waals surface area contributed by atoms with Gasteiger partial charge in [-0.2, -0.15) is 13.2 Å². The summed E-state index contributed by atoms with van der Waals surface area (Å²) in [5.41, 5.74) is 3.09. The van der Waals surface area contributed by atoms with Gasteiger partial charge in [0.2, 0.25) is 0 Å². The van der Waals surface area contributed by atoms with Crippen LogP contribution in [0.15, 0.2) is 60.6 Å². The molecule has 0 aromatic heterocycles. The molecular formula is C17H15F3O2. The van der Waals surface area contributed by atoms with Crippen molar-refractivity contribution < 1.29 is 22.6 Å². The van der Waals surface area contributed by atoms with E-state index in [1.165, 1.54) is 17.7 Å². The van der Waals surface area contributed by atoms with Crippen molar-refractivity contribution in [3.63, 3.8) is 0 Å². The molecule has 0 radical (unpaired) electrons. The molecule has 0 N–H and O–H groups in total. The van der Waals surface area contributed by atoms with Gasteiger partial charge in [0.05, 0.1) is 13.2 Å². The molecule has 0 atom stereocenters. The van der Waals surface area contributed by atoms with Gasteiger partial charge < -0.3 is 9.47 Å². The molecule has 0 fully saturated rings. The van der Waals surface area contributed by atoms with Crippen LogP contribution < -0.4 is 4.74 Å². The summed E-state index contributed by atoms with van der Waals surface area (Å²) in [6, 6.07) is 12.2. The van der Waals surface area contributed by atoms with E-state index in [2.05, 4.69) is 4.74 Å². The Kier molecular flexibility index (Phi) is 5.61. The van der Waals surface area contributed by atoms with E-state index in [0.29, 0.717) is 13.2 Å². The topological polar surface area (TPSA) is 18.5 Å². The summed E-state index contributed by atoms with van der Waals surface area (Å²) in [4.78, 5) is 0. The monoisotopic (exact) mass is 308 g/mol. The maximum Gasteiger partial charge on any atom is 0.344 e. The number of ether oxygens (including phenoxy) is 2. The molecule has 22 heavy (non-hydrogen) atoms. The Labute approximate surface area is 126 Å². The Morgan fingerprint density at radius 1 is 0.818 bits per heavy atom. The van der Waals surface area contributed by atoms with Gasteiger partial charge in [-0.1, -0.05) is 42.0 Å². The van der Waals surface area contributed by atoms with Gasteiger partial charge in [0, 0.05) is 0 Å². The average molecular weight is 308 g/mol. The molecule has 2 aromatic rings. The van der Waals surface area contributed by atoms with E-state index in [1.54, 1.807) is 12.1 Å². The van der Waals surface area contributed by atoms with Gasteiger partial charge in [0.1, 0.15) is 5.75 Å². The highest BCUT2D eigenvalue weighted by Crippen LogP contribution is 2.19. The molecule has 116 valence electrons. The first kappa shape index (κ1) is 16.1. The second kappa shape index (κ2) is 7.66. The van der Waals surface area contributed by atoms with Gasteiger partial charge in [-0.25, -0.2) is 0 Å². The molecular weight excluding hydrogens is 293 g/mol. The summed E-state index contributed by atoms with van der Waals surface area (Å²) in [7, 11) is 0. The van der Waals surface area contributed by atoms with Gasteiger partial charge in [-0.05, 0) is 30.2 Å². The van der Waals surface area contributed by atoms with Crippen LogP contribution in [0, 0.1) is 6.92 Å². The predicted octanol–water partition coefficient (Wildman–Crippen LogP) is 5.13. The molecule has 0 saturated heterocycles. The van der Waals surface area contributed by atoms with Gasteiger partial charge in [0.25, 0.3) is 0 Å². The van der Waals surface area contributed by atoms with Crippen molar-refractivity contribution >= 4 is 0 Å². The zero-order valence-corrected chi connectivity index (χ0v) is 12.0. The van der Waals surface area contributed by atoms with Crippen LogP contribution in [0.5, 0.6) is 5.75 Å². The normalized spacial score (nSPS) is 10.4. The van der Waals surface area contributed by atoms with E-state index in [-0.39, 0.29) is 5.75 Å². The lowest BCUT2D eigenvalue weighted by atomic mass is 10.2. The Morgan fingerprint density at radius 3 is 1.82 bits per heavy atom. The number of halogens is 3. The molecule has 0 bridgehead atoms. The molecule has 0 heterocycles. The van der Waals surface area contributed by atoms with E-state index < -0.39 is 12.1 Å². The standard InChI is InChI=1S/C17H15F3O2/c1-12-2-4-13(5-3-12)10-21-11-14-6-8-15(9-7-14)22-17(20)16(18)19/h2-9H,10-11H2,1H3. The van der Waals surface area contributed by atoms with Crippen LogP contribution in [-0.4, -0.2) is 0 Å². The Morgan fingerprint density at radius 2 is 1.32 bits per heavy atom. The highest BCUT2D eigenvalue weighted by molar-refractivity contribution is 5.28. The number of hydrogen-bond acceptors (Lipinski definition) is 2. The van der Waals surface area contributed by atoms with E-state index in [4.69, 9.17) is 4.74 Å². The van der Waals surface area contributed by atoms with Crippen LogP contribution >= 0.6 is 0 Å². The predicted molar refractivity (Wildman–Crippen MR) is 77.1 cm³/mol. The van der Waals surface area contributed by atoms with Crippen molar-refractivity contribution in [3.05, 3.63) is 77.3 Å². The molecule has 0 aliphatic carbocycles. The molecule has 0 spiro atoms. The van der Waals surface area contributed by atoms with E-state index in [9.17, 15) is 13.2 Å². The zero-order valence-electron chi connectivity index (χ0n) is 12.0.